The lowest BCUT2D eigenvalue weighted by Crippen LogP contribution is -2.04. The highest BCUT2D eigenvalue weighted by atomic mass is 35.5. The Morgan fingerprint density at radius 1 is 0.944 bits per heavy atom. The van der Waals surface area contributed by atoms with Crippen LogP contribution in [0.5, 0.6) is 0 Å². The van der Waals surface area contributed by atoms with E-state index in [1.54, 1.807) is 12.1 Å². The first-order valence-corrected chi connectivity index (χ1v) is 5.70. The summed E-state index contributed by atoms with van der Waals surface area (Å²) in [6.07, 6.45) is -4.30. The first-order chi connectivity index (χ1) is 8.39. The highest BCUT2D eigenvalue weighted by Gasteiger charge is 2.29. The zero-order valence-electron chi connectivity index (χ0n) is 9.55. The first kappa shape index (κ1) is 13.0. The van der Waals surface area contributed by atoms with Crippen LogP contribution in [0.15, 0.2) is 42.5 Å². The van der Waals surface area contributed by atoms with Crippen LogP contribution >= 0.6 is 11.6 Å². The van der Waals surface area contributed by atoms with Crippen LogP contribution in [0.1, 0.15) is 11.1 Å². The van der Waals surface area contributed by atoms with Gasteiger partial charge in [-0.3, -0.25) is 0 Å². The molecule has 0 N–H and O–H groups in total. The summed E-state index contributed by atoms with van der Waals surface area (Å²) in [7, 11) is 0. The van der Waals surface area contributed by atoms with Crippen molar-refractivity contribution < 1.29 is 13.2 Å². The van der Waals surface area contributed by atoms with E-state index in [9.17, 15) is 13.2 Å². The van der Waals surface area contributed by atoms with E-state index in [2.05, 4.69) is 0 Å². The van der Waals surface area contributed by atoms with E-state index in [1.165, 1.54) is 12.1 Å². The second kappa shape index (κ2) is 4.65. The molecule has 2 aromatic carbocycles. The average Bonchev–Trinajstić information content (AvgIpc) is 2.32. The minimum absolute atomic E-state index is 0.604. The van der Waals surface area contributed by atoms with Gasteiger partial charge in [0.25, 0.3) is 0 Å². The fraction of sp³-hybridized carbons (Fsp3) is 0.143. The van der Waals surface area contributed by atoms with Gasteiger partial charge in [-0.1, -0.05) is 35.9 Å². The van der Waals surface area contributed by atoms with Gasteiger partial charge in [0.1, 0.15) is 0 Å². The summed E-state index contributed by atoms with van der Waals surface area (Å²) in [6, 6.07) is 10.4. The van der Waals surface area contributed by atoms with E-state index >= 15 is 0 Å². The summed E-state index contributed by atoms with van der Waals surface area (Å²) in [4.78, 5) is 0. The van der Waals surface area contributed by atoms with Gasteiger partial charge in [-0.05, 0) is 41.8 Å². The molecule has 0 heterocycles. The summed E-state index contributed by atoms with van der Waals surface area (Å²) >= 11 is 5.99. The van der Waals surface area contributed by atoms with Crippen molar-refractivity contribution in [2.45, 2.75) is 13.1 Å². The van der Waals surface area contributed by atoms with Crippen molar-refractivity contribution in [3.05, 3.63) is 58.6 Å². The molecule has 0 fully saturated rings. The Labute approximate surface area is 108 Å². The second-order valence-electron chi connectivity index (χ2n) is 3.99. The molecule has 0 saturated carbocycles. The lowest BCUT2D eigenvalue weighted by molar-refractivity contribution is -0.137. The maximum atomic E-state index is 12.4. The van der Waals surface area contributed by atoms with Gasteiger partial charge in [0.05, 0.1) is 5.56 Å². The topological polar surface area (TPSA) is 0 Å². The third kappa shape index (κ3) is 2.51. The minimum Gasteiger partial charge on any atom is -0.166 e. The van der Waals surface area contributed by atoms with Crippen LogP contribution in [0.4, 0.5) is 13.2 Å². The predicted molar refractivity (Wildman–Crippen MR) is 66.6 cm³/mol. The van der Waals surface area contributed by atoms with Gasteiger partial charge < -0.3 is 0 Å². The second-order valence-corrected chi connectivity index (χ2v) is 4.39. The van der Waals surface area contributed by atoms with Crippen LogP contribution in [0.2, 0.25) is 5.02 Å². The van der Waals surface area contributed by atoms with Crippen LogP contribution in [-0.4, -0.2) is 0 Å². The van der Waals surface area contributed by atoms with Crippen LogP contribution in [0, 0.1) is 6.92 Å². The van der Waals surface area contributed by atoms with Gasteiger partial charge in [-0.2, -0.15) is 13.2 Å². The Morgan fingerprint density at radius 2 is 1.56 bits per heavy atom. The molecule has 0 aliphatic rings. The molecule has 0 radical (unpaired) electrons. The smallest absolute Gasteiger partial charge is 0.166 e. The number of halogens is 4. The molecule has 0 aromatic heterocycles. The first-order valence-electron chi connectivity index (χ1n) is 5.32. The molecule has 0 saturated heterocycles. The Hall–Kier alpha value is -1.48. The van der Waals surface area contributed by atoms with Crippen LogP contribution in [-0.2, 0) is 6.18 Å². The Morgan fingerprint density at radius 3 is 2.11 bits per heavy atom. The molecule has 18 heavy (non-hydrogen) atoms. The van der Waals surface area contributed by atoms with Gasteiger partial charge in [0, 0.05) is 5.02 Å². The number of hydrogen-bond acceptors (Lipinski definition) is 0. The van der Waals surface area contributed by atoms with Crippen LogP contribution in [0.25, 0.3) is 11.1 Å². The van der Waals surface area contributed by atoms with Gasteiger partial charge in [-0.25, -0.2) is 0 Å². The summed E-state index contributed by atoms with van der Waals surface area (Å²) in [6.45, 7) is 1.84. The summed E-state index contributed by atoms with van der Waals surface area (Å²) in [5.74, 6) is 0. The Balaban J connectivity index is 2.44. The van der Waals surface area contributed by atoms with Crippen molar-refractivity contribution >= 4 is 11.6 Å². The van der Waals surface area contributed by atoms with E-state index in [0.29, 0.717) is 5.02 Å². The molecule has 94 valence electrons. The van der Waals surface area contributed by atoms with E-state index in [-0.39, 0.29) is 0 Å². The molecule has 0 aliphatic carbocycles. The van der Waals surface area contributed by atoms with Crippen LogP contribution < -0.4 is 0 Å². The quantitative estimate of drug-likeness (QED) is 0.657. The molecular formula is C14H10ClF3. The van der Waals surface area contributed by atoms with Crippen molar-refractivity contribution in [1.82, 2.24) is 0 Å². The lowest BCUT2D eigenvalue weighted by atomic mass is 9.99. The third-order valence-electron chi connectivity index (χ3n) is 2.79. The fourth-order valence-corrected chi connectivity index (χ4v) is 1.93. The van der Waals surface area contributed by atoms with Crippen molar-refractivity contribution in [3.8, 4) is 11.1 Å². The number of alkyl halides is 3. The van der Waals surface area contributed by atoms with Crippen molar-refractivity contribution in [2.24, 2.45) is 0 Å². The maximum Gasteiger partial charge on any atom is 0.416 e. The number of rotatable bonds is 1. The zero-order valence-corrected chi connectivity index (χ0v) is 10.3. The molecule has 0 amide bonds. The Kier molecular flexibility index (Phi) is 3.35. The SMILES string of the molecule is Cc1c(Cl)cccc1-c1ccc(C(F)(F)F)cc1. The van der Waals surface area contributed by atoms with E-state index in [1.807, 2.05) is 13.0 Å². The van der Waals surface area contributed by atoms with Gasteiger partial charge in [-0.15, -0.1) is 0 Å². The molecule has 0 aliphatic heterocycles. The molecule has 0 nitrogen and oxygen atoms in total. The predicted octanol–water partition coefficient (Wildman–Crippen LogP) is 5.33. The standard InChI is InChI=1S/C14H10ClF3/c1-9-12(3-2-4-13(9)15)10-5-7-11(8-6-10)14(16,17)18/h2-8H,1H3. The molecule has 0 unspecified atom stereocenters. The third-order valence-corrected chi connectivity index (χ3v) is 3.20. The van der Waals surface area contributed by atoms with E-state index in [4.69, 9.17) is 11.6 Å². The largest absolute Gasteiger partial charge is 0.416 e. The van der Waals surface area contributed by atoms with Crippen LogP contribution in [0.3, 0.4) is 0 Å². The van der Waals surface area contributed by atoms with Crippen molar-refractivity contribution in [2.75, 3.05) is 0 Å². The van der Waals surface area contributed by atoms with E-state index in [0.717, 1.165) is 28.8 Å². The van der Waals surface area contributed by atoms with Gasteiger partial charge in [0.15, 0.2) is 0 Å². The minimum atomic E-state index is -4.30. The maximum absolute atomic E-state index is 12.4. The lowest BCUT2D eigenvalue weighted by Gasteiger charge is -2.10. The molecular weight excluding hydrogens is 261 g/mol. The fourth-order valence-electron chi connectivity index (χ4n) is 1.76. The van der Waals surface area contributed by atoms with Crippen molar-refractivity contribution in [1.29, 1.82) is 0 Å². The van der Waals surface area contributed by atoms with Gasteiger partial charge >= 0.3 is 6.18 Å². The zero-order chi connectivity index (χ0) is 13.3. The Bertz CT molecular complexity index is 556. The number of benzene rings is 2. The summed E-state index contributed by atoms with van der Waals surface area (Å²) in [5.41, 5.74) is 1.78. The molecule has 2 aromatic rings. The summed E-state index contributed by atoms with van der Waals surface area (Å²) < 4.78 is 37.3. The normalized spacial score (nSPS) is 11.6. The molecule has 0 atom stereocenters. The number of hydrogen-bond donors (Lipinski definition) is 0. The average molecular weight is 271 g/mol. The highest BCUT2D eigenvalue weighted by Crippen LogP contribution is 2.32. The molecule has 0 bridgehead atoms. The molecule has 2 rings (SSSR count). The van der Waals surface area contributed by atoms with Crippen molar-refractivity contribution in [3.63, 3.8) is 0 Å². The van der Waals surface area contributed by atoms with E-state index < -0.39 is 11.7 Å². The molecule has 0 spiro atoms. The molecule has 4 heteroatoms. The summed E-state index contributed by atoms with van der Waals surface area (Å²) in [5, 5.41) is 0.604. The monoisotopic (exact) mass is 270 g/mol. The highest BCUT2D eigenvalue weighted by molar-refractivity contribution is 6.31. The van der Waals surface area contributed by atoms with Gasteiger partial charge in [0.2, 0.25) is 0 Å².